The molecule has 0 radical (unpaired) electrons. The third kappa shape index (κ3) is 4.51. The number of carbonyl (C=O) groups is 1. The van der Waals surface area contributed by atoms with Crippen LogP contribution in [0, 0.1) is 20.8 Å². The van der Waals surface area contributed by atoms with Gasteiger partial charge in [0.2, 0.25) is 0 Å². The third-order valence-corrected chi connectivity index (χ3v) is 5.39. The summed E-state index contributed by atoms with van der Waals surface area (Å²) in [5.41, 5.74) is 5.51. The molecule has 2 aromatic carbocycles. The number of ketones is 1. The number of rotatable bonds is 6. The maximum Gasteiger partial charge on any atom is 0.177 e. The first-order valence-electron chi connectivity index (χ1n) is 9.79. The predicted octanol–water partition coefficient (Wildman–Crippen LogP) is 4.02. The van der Waals surface area contributed by atoms with Crippen molar-refractivity contribution >= 4 is 11.5 Å². The van der Waals surface area contributed by atoms with Gasteiger partial charge in [-0.3, -0.25) is 9.69 Å². The van der Waals surface area contributed by atoms with Gasteiger partial charge in [-0.25, -0.2) is 0 Å². The van der Waals surface area contributed by atoms with Gasteiger partial charge in [-0.05, 0) is 62.6 Å². The van der Waals surface area contributed by atoms with Crippen LogP contribution in [0.15, 0.2) is 36.4 Å². The lowest BCUT2D eigenvalue weighted by atomic mass is 9.98. The van der Waals surface area contributed by atoms with E-state index in [2.05, 4.69) is 41.8 Å². The molecule has 3 rings (SSSR count). The van der Waals surface area contributed by atoms with E-state index in [0.29, 0.717) is 13.2 Å². The van der Waals surface area contributed by atoms with Crippen LogP contribution in [0.3, 0.4) is 0 Å². The number of ether oxygens (including phenoxy) is 1. The first-order chi connectivity index (χ1) is 13.0. The molecule has 0 bridgehead atoms. The number of hydrogen-bond acceptors (Lipinski definition) is 4. The number of Topliss-reactive ketones (excluding diaryl/α,β-unsaturated/α-hetero) is 1. The van der Waals surface area contributed by atoms with E-state index in [1.165, 1.54) is 11.1 Å². The Balaban J connectivity index is 1.62. The standard InChI is InChI=1S/C23H30N2O2/c1-5-27-23-9-7-6-8-21(23)25-12-10-24(11-13-25)16-22(26)20-15-18(3)17(2)14-19(20)4/h6-9,14-15H,5,10-13,16H2,1-4H3. The van der Waals surface area contributed by atoms with Gasteiger partial charge in [-0.15, -0.1) is 0 Å². The summed E-state index contributed by atoms with van der Waals surface area (Å²) in [6.45, 7) is 12.9. The fourth-order valence-corrected chi connectivity index (χ4v) is 3.69. The molecule has 0 aromatic heterocycles. The zero-order valence-electron chi connectivity index (χ0n) is 16.9. The van der Waals surface area contributed by atoms with Crippen molar-refractivity contribution in [3.8, 4) is 5.75 Å². The van der Waals surface area contributed by atoms with Crippen molar-refractivity contribution in [2.45, 2.75) is 27.7 Å². The van der Waals surface area contributed by atoms with Gasteiger partial charge in [0.1, 0.15) is 5.75 Å². The van der Waals surface area contributed by atoms with E-state index in [1.807, 2.05) is 32.0 Å². The van der Waals surface area contributed by atoms with Crippen LogP contribution in [0.1, 0.15) is 34.0 Å². The lowest BCUT2D eigenvalue weighted by Gasteiger charge is -2.36. The van der Waals surface area contributed by atoms with Gasteiger partial charge in [0.25, 0.3) is 0 Å². The van der Waals surface area contributed by atoms with Crippen LogP contribution in [0.4, 0.5) is 5.69 Å². The Kier molecular flexibility index (Phi) is 6.17. The Morgan fingerprint density at radius 1 is 0.963 bits per heavy atom. The molecule has 4 heteroatoms. The van der Waals surface area contributed by atoms with Crippen LogP contribution in [-0.4, -0.2) is 50.0 Å². The highest BCUT2D eigenvalue weighted by Crippen LogP contribution is 2.28. The fourth-order valence-electron chi connectivity index (χ4n) is 3.69. The monoisotopic (exact) mass is 366 g/mol. The van der Waals surface area contributed by atoms with Crippen molar-refractivity contribution in [2.24, 2.45) is 0 Å². The van der Waals surface area contributed by atoms with E-state index in [9.17, 15) is 4.79 Å². The van der Waals surface area contributed by atoms with Crippen LogP contribution in [-0.2, 0) is 0 Å². The van der Waals surface area contributed by atoms with Crippen molar-refractivity contribution in [1.29, 1.82) is 0 Å². The van der Waals surface area contributed by atoms with Gasteiger partial charge in [-0.2, -0.15) is 0 Å². The number of benzene rings is 2. The molecule has 0 N–H and O–H groups in total. The molecule has 1 aliphatic rings. The smallest absolute Gasteiger partial charge is 0.177 e. The molecular formula is C23H30N2O2. The minimum Gasteiger partial charge on any atom is -0.492 e. The first kappa shape index (κ1) is 19.4. The molecule has 1 heterocycles. The lowest BCUT2D eigenvalue weighted by molar-refractivity contribution is 0.0925. The van der Waals surface area contributed by atoms with Gasteiger partial charge in [0.05, 0.1) is 18.8 Å². The average Bonchev–Trinajstić information content (AvgIpc) is 2.66. The van der Waals surface area contributed by atoms with Crippen LogP contribution in [0.5, 0.6) is 5.75 Å². The quantitative estimate of drug-likeness (QED) is 0.723. The number of piperazine rings is 1. The number of nitrogens with zero attached hydrogens (tertiary/aromatic N) is 2. The summed E-state index contributed by atoms with van der Waals surface area (Å²) in [6, 6.07) is 12.4. The molecule has 1 fully saturated rings. The summed E-state index contributed by atoms with van der Waals surface area (Å²) in [4.78, 5) is 17.4. The highest BCUT2D eigenvalue weighted by Gasteiger charge is 2.22. The maximum atomic E-state index is 12.8. The van der Waals surface area contributed by atoms with Crippen LogP contribution >= 0.6 is 0 Å². The van der Waals surface area contributed by atoms with E-state index < -0.39 is 0 Å². The topological polar surface area (TPSA) is 32.8 Å². The van der Waals surface area contributed by atoms with Crippen molar-refractivity contribution in [3.63, 3.8) is 0 Å². The maximum absolute atomic E-state index is 12.8. The zero-order valence-corrected chi connectivity index (χ0v) is 16.9. The first-order valence-corrected chi connectivity index (χ1v) is 9.79. The second-order valence-electron chi connectivity index (χ2n) is 7.34. The van der Waals surface area contributed by atoms with Gasteiger partial charge < -0.3 is 9.64 Å². The Hall–Kier alpha value is -2.33. The van der Waals surface area contributed by atoms with Gasteiger partial charge in [-0.1, -0.05) is 18.2 Å². The minimum absolute atomic E-state index is 0.221. The molecule has 0 amide bonds. The molecule has 1 aliphatic heterocycles. The molecular weight excluding hydrogens is 336 g/mol. The molecule has 0 aliphatic carbocycles. The molecule has 4 nitrogen and oxygen atoms in total. The summed E-state index contributed by atoms with van der Waals surface area (Å²) in [5.74, 6) is 1.16. The summed E-state index contributed by atoms with van der Waals surface area (Å²) in [7, 11) is 0. The Labute approximate surface area is 162 Å². The summed E-state index contributed by atoms with van der Waals surface area (Å²) in [6.07, 6.45) is 0. The second kappa shape index (κ2) is 8.57. The number of carbonyl (C=O) groups excluding carboxylic acids is 1. The van der Waals surface area contributed by atoms with Crippen molar-refractivity contribution in [1.82, 2.24) is 4.90 Å². The Bertz CT molecular complexity index is 808. The zero-order chi connectivity index (χ0) is 19.4. The van der Waals surface area contributed by atoms with E-state index in [-0.39, 0.29) is 5.78 Å². The van der Waals surface area contributed by atoms with Gasteiger partial charge in [0, 0.05) is 31.7 Å². The van der Waals surface area contributed by atoms with Crippen LogP contribution < -0.4 is 9.64 Å². The highest BCUT2D eigenvalue weighted by atomic mass is 16.5. The van der Waals surface area contributed by atoms with Crippen LogP contribution in [0.25, 0.3) is 0 Å². The van der Waals surface area contributed by atoms with Crippen molar-refractivity contribution in [2.75, 3.05) is 44.2 Å². The third-order valence-electron chi connectivity index (χ3n) is 5.39. The second-order valence-corrected chi connectivity index (χ2v) is 7.34. The van der Waals surface area contributed by atoms with E-state index in [1.54, 1.807) is 0 Å². The van der Waals surface area contributed by atoms with E-state index >= 15 is 0 Å². The number of aryl methyl sites for hydroxylation is 3. The van der Waals surface area contributed by atoms with Crippen molar-refractivity contribution < 1.29 is 9.53 Å². The SMILES string of the molecule is CCOc1ccccc1N1CCN(CC(=O)c2cc(C)c(C)cc2C)CC1. The average molecular weight is 367 g/mol. The summed E-state index contributed by atoms with van der Waals surface area (Å²) in [5, 5.41) is 0. The molecule has 0 unspecified atom stereocenters. The largest absolute Gasteiger partial charge is 0.492 e. The van der Waals surface area contributed by atoms with Crippen LogP contribution in [0.2, 0.25) is 0 Å². The number of hydrogen-bond donors (Lipinski definition) is 0. The molecule has 0 spiro atoms. The summed E-state index contributed by atoms with van der Waals surface area (Å²) < 4.78 is 5.76. The lowest BCUT2D eigenvalue weighted by Crippen LogP contribution is -2.48. The minimum atomic E-state index is 0.221. The normalized spacial score (nSPS) is 15.0. The Morgan fingerprint density at radius 2 is 1.63 bits per heavy atom. The molecule has 144 valence electrons. The van der Waals surface area contributed by atoms with Crippen molar-refractivity contribution in [3.05, 3.63) is 58.7 Å². The number of anilines is 1. The predicted molar refractivity (Wildman–Crippen MR) is 111 cm³/mol. The van der Waals surface area contributed by atoms with E-state index in [4.69, 9.17) is 4.74 Å². The van der Waals surface area contributed by atoms with Gasteiger partial charge in [0.15, 0.2) is 5.78 Å². The molecule has 1 saturated heterocycles. The highest BCUT2D eigenvalue weighted by molar-refractivity contribution is 5.99. The van der Waals surface area contributed by atoms with E-state index in [0.717, 1.165) is 48.7 Å². The summed E-state index contributed by atoms with van der Waals surface area (Å²) >= 11 is 0. The fraction of sp³-hybridized carbons (Fsp3) is 0.435. The van der Waals surface area contributed by atoms with Gasteiger partial charge >= 0.3 is 0 Å². The Morgan fingerprint density at radius 3 is 2.33 bits per heavy atom. The molecule has 27 heavy (non-hydrogen) atoms. The molecule has 0 saturated carbocycles. The molecule has 0 atom stereocenters. The molecule has 2 aromatic rings. The number of para-hydroxylation sites is 2.